The fraction of sp³-hybridized carbons (Fsp3) is 0.444. The molecule has 8 nitrogen and oxygen atoms in total. The first-order valence-electron chi connectivity index (χ1n) is 4.84. The fourth-order valence-electron chi connectivity index (χ4n) is 1.15. The van der Waals surface area contributed by atoms with Crippen molar-refractivity contribution < 1.29 is 14.7 Å². The lowest BCUT2D eigenvalue weighted by Gasteiger charge is -2.11. The average Bonchev–Trinajstić information content (AvgIpc) is 2.69. The zero-order valence-electron chi connectivity index (χ0n) is 9.84. The number of nitrogens with zero attached hydrogens (tertiary/aromatic N) is 3. The standard InChI is InChI=1S/C9H15N5O3/c1-5(17-3)9(15)12-8-6(7(10)13-16)4-11-14(8)2/h4-5,16H,1-3H3,(H2,10,13)(H,12,15). The van der Waals surface area contributed by atoms with E-state index in [0.717, 1.165) is 0 Å². The van der Waals surface area contributed by atoms with Crippen LogP contribution in [0.5, 0.6) is 0 Å². The van der Waals surface area contributed by atoms with E-state index < -0.39 is 6.10 Å². The SMILES string of the molecule is COC(C)C(=O)Nc1c(C(N)=NO)cnn1C. The van der Waals surface area contributed by atoms with Crippen molar-refractivity contribution in [1.82, 2.24) is 9.78 Å². The molecule has 0 aliphatic rings. The van der Waals surface area contributed by atoms with E-state index in [4.69, 9.17) is 15.7 Å². The molecule has 0 saturated heterocycles. The second-order valence-corrected chi connectivity index (χ2v) is 3.38. The number of hydrogen-bond donors (Lipinski definition) is 3. The van der Waals surface area contributed by atoms with Crippen LogP contribution in [0.15, 0.2) is 11.4 Å². The number of hydrogen-bond acceptors (Lipinski definition) is 5. The van der Waals surface area contributed by atoms with Crippen molar-refractivity contribution in [2.75, 3.05) is 12.4 Å². The molecule has 1 aromatic rings. The van der Waals surface area contributed by atoms with Crippen molar-refractivity contribution in [3.8, 4) is 0 Å². The summed E-state index contributed by atoms with van der Waals surface area (Å²) in [4.78, 5) is 11.6. The van der Waals surface area contributed by atoms with Crippen molar-refractivity contribution in [3.05, 3.63) is 11.8 Å². The molecule has 1 heterocycles. The highest BCUT2D eigenvalue weighted by molar-refractivity contribution is 6.05. The molecule has 1 aromatic heterocycles. The van der Waals surface area contributed by atoms with E-state index in [2.05, 4.69) is 15.6 Å². The molecule has 1 unspecified atom stereocenters. The third kappa shape index (κ3) is 2.72. The van der Waals surface area contributed by atoms with Crippen molar-refractivity contribution in [3.63, 3.8) is 0 Å². The van der Waals surface area contributed by atoms with Crippen LogP contribution in [-0.4, -0.2) is 39.9 Å². The summed E-state index contributed by atoms with van der Waals surface area (Å²) in [5.74, 6) is -0.129. The van der Waals surface area contributed by atoms with Crippen molar-refractivity contribution in [1.29, 1.82) is 0 Å². The first kappa shape index (κ1) is 13.0. The summed E-state index contributed by atoms with van der Waals surface area (Å²) < 4.78 is 6.29. The molecule has 17 heavy (non-hydrogen) atoms. The summed E-state index contributed by atoms with van der Waals surface area (Å²) in [6.45, 7) is 1.61. The molecule has 1 atom stereocenters. The average molecular weight is 241 g/mol. The number of oxime groups is 1. The quantitative estimate of drug-likeness (QED) is 0.284. The van der Waals surface area contributed by atoms with Crippen LogP contribution in [0.25, 0.3) is 0 Å². The number of amides is 1. The summed E-state index contributed by atoms with van der Waals surface area (Å²) in [6.07, 6.45) is 0.785. The van der Waals surface area contributed by atoms with Gasteiger partial charge in [-0.2, -0.15) is 5.10 Å². The molecular weight excluding hydrogens is 226 g/mol. The van der Waals surface area contributed by atoms with Crippen molar-refractivity contribution in [2.45, 2.75) is 13.0 Å². The summed E-state index contributed by atoms with van der Waals surface area (Å²) in [6, 6.07) is 0. The van der Waals surface area contributed by atoms with E-state index in [1.165, 1.54) is 18.0 Å². The van der Waals surface area contributed by atoms with Crippen LogP contribution >= 0.6 is 0 Å². The molecule has 1 amide bonds. The summed E-state index contributed by atoms with van der Waals surface area (Å²) in [5.41, 5.74) is 5.80. The Kier molecular flexibility index (Phi) is 4.05. The third-order valence-electron chi connectivity index (χ3n) is 2.29. The number of carbonyl (C=O) groups is 1. The van der Waals surface area contributed by atoms with Crippen LogP contribution in [0.2, 0.25) is 0 Å². The molecule has 1 rings (SSSR count). The normalized spacial score (nSPS) is 13.5. The molecule has 0 radical (unpaired) electrons. The monoisotopic (exact) mass is 241 g/mol. The number of ether oxygens (including phenoxy) is 1. The summed E-state index contributed by atoms with van der Waals surface area (Å²) in [5, 5.41) is 18.0. The van der Waals surface area contributed by atoms with Gasteiger partial charge in [0.25, 0.3) is 5.91 Å². The van der Waals surface area contributed by atoms with Gasteiger partial charge in [0.1, 0.15) is 11.9 Å². The van der Waals surface area contributed by atoms with E-state index in [9.17, 15) is 4.79 Å². The predicted octanol–water partition coefficient (Wildman–Crippen LogP) is -0.512. The number of nitrogens with two attached hydrogens (primary N) is 1. The smallest absolute Gasteiger partial charge is 0.254 e. The highest BCUT2D eigenvalue weighted by Crippen LogP contribution is 2.14. The lowest BCUT2D eigenvalue weighted by Crippen LogP contribution is -2.29. The van der Waals surface area contributed by atoms with Gasteiger partial charge in [0.2, 0.25) is 0 Å². The molecule has 0 spiro atoms. The molecule has 4 N–H and O–H groups in total. The fourth-order valence-corrected chi connectivity index (χ4v) is 1.15. The lowest BCUT2D eigenvalue weighted by atomic mass is 10.3. The highest BCUT2D eigenvalue weighted by atomic mass is 16.5. The van der Waals surface area contributed by atoms with E-state index in [1.807, 2.05) is 0 Å². The number of anilines is 1. The van der Waals surface area contributed by atoms with E-state index in [0.29, 0.717) is 11.4 Å². The Morgan fingerprint density at radius 2 is 2.41 bits per heavy atom. The number of aryl methyl sites for hydroxylation is 1. The van der Waals surface area contributed by atoms with E-state index in [-0.39, 0.29) is 11.7 Å². The number of amidine groups is 1. The summed E-state index contributed by atoms with van der Waals surface area (Å²) in [7, 11) is 3.05. The number of carbonyl (C=O) groups excluding carboxylic acids is 1. The van der Waals surface area contributed by atoms with Gasteiger partial charge >= 0.3 is 0 Å². The molecular formula is C9H15N5O3. The molecule has 0 fully saturated rings. The maximum absolute atomic E-state index is 11.6. The molecule has 0 bridgehead atoms. The largest absolute Gasteiger partial charge is 0.409 e. The number of nitrogens with one attached hydrogen (secondary N) is 1. The zero-order chi connectivity index (χ0) is 13.0. The second-order valence-electron chi connectivity index (χ2n) is 3.38. The van der Waals surface area contributed by atoms with Crippen molar-refractivity contribution >= 4 is 17.6 Å². The highest BCUT2D eigenvalue weighted by Gasteiger charge is 2.18. The Balaban J connectivity index is 2.98. The molecule has 94 valence electrons. The van der Waals surface area contributed by atoms with Crippen LogP contribution in [0.4, 0.5) is 5.82 Å². The molecule has 0 saturated carbocycles. The van der Waals surface area contributed by atoms with Gasteiger partial charge in [-0.15, -0.1) is 0 Å². The van der Waals surface area contributed by atoms with Gasteiger partial charge in [-0.05, 0) is 6.92 Å². The zero-order valence-corrected chi connectivity index (χ0v) is 9.84. The van der Waals surface area contributed by atoms with E-state index in [1.54, 1.807) is 14.0 Å². The Morgan fingerprint density at radius 3 is 2.94 bits per heavy atom. The van der Waals surface area contributed by atoms with Gasteiger partial charge in [0.15, 0.2) is 5.84 Å². The maximum atomic E-state index is 11.6. The molecule has 8 heteroatoms. The van der Waals surface area contributed by atoms with E-state index >= 15 is 0 Å². The minimum Gasteiger partial charge on any atom is -0.409 e. The van der Waals surface area contributed by atoms with Gasteiger partial charge in [-0.25, -0.2) is 0 Å². The van der Waals surface area contributed by atoms with Gasteiger partial charge in [-0.3, -0.25) is 9.48 Å². The van der Waals surface area contributed by atoms with Crippen LogP contribution in [0.1, 0.15) is 12.5 Å². The van der Waals surface area contributed by atoms with Gasteiger partial charge < -0.3 is 21.0 Å². The minimum atomic E-state index is -0.606. The van der Waals surface area contributed by atoms with Gasteiger partial charge in [0.05, 0.1) is 11.8 Å². The van der Waals surface area contributed by atoms with Crippen LogP contribution in [0, 0.1) is 0 Å². The molecule has 0 aromatic carbocycles. The lowest BCUT2D eigenvalue weighted by molar-refractivity contribution is -0.124. The topological polar surface area (TPSA) is 115 Å². The number of aromatic nitrogens is 2. The Hall–Kier alpha value is -2.09. The minimum absolute atomic E-state index is 0.126. The predicted molar refractivity (Wildman–Crippen MR) is 60.8 cm³/mol. The summed E-state index contributed by atoms with van der Waals surface area (Å²) >= 11 is 0. The van der Waals surface area contributed by atoms with Crippen LogP contribution in [-0.2, 0) is 16.6 Å². The Labute approximate surface area is 98.0 Å². The van der Waals surface area contributed by atoms with Crippen molar-refractivity contribution in [2.24, 2.45) is 17.9 Å². The Bertz CT molecular complexity index is 440. The second kappa shape index (κ2) is 5.30. The van der Waals surface area contributed by atoms with Gasteiger partial charge in [0, 0.05) is 14.2 Å². The van der Waals surface area contributed by atoms with Gasteiger partial charge in [-0.1, -0.05) is 5.16 Å². The first-order chi connectivity index (χ1) is 8.01. The Morgan fingerprint density at radius 1 is 1.76 bits per heavy atom. The first-order valence-corrected chi connectivity index (χ1v) is 4.84. The van der Waals surface area contributed by atoms with Crippen LogP contribution < -0.4 is 11.1 Å². The number of rotatable bonds is 4. The maximum Gasteiger partial charge on any atom is 0.254 e. The third-order valence-corrected chi connectivity index (χ3v) is 2.29. The molecule has 0 aliphatic heterocycles. The molecule has 0 aliphatic carbocycles. The van der Waals surface area contributed by atoms with Crippen LogP contribution in [0.3, 0.4) is 0 Å². The number of methoxy groups -OCH3 is 1.